The molecule has 0 aliphatic heterocycles. The van der Waals surface area contributed by atoms with E-state index in [9.17, 15) is 0 Å². The first-order valence-corrected chi connectivity index (χ1v) is 13.8. The van der Waals surface area contributed by atoms with Gasteiger partial charge in [-0.1, -0.05) is 115 Å². The van der Waals surface area contributed by atoms with Gasteiger partial charge in [0.1, 0.15) is 0 Å². The lowest BCUT2D eigenvalue weighted by Gasteiger charge is -2.12. The van der Waals surface area contributed by atoms with E-state index in [4.69, 9.17) is 0 Å². The fourth-order valence-corrected chi connectivity index (χ4v) is 6.82. The van der Waals surface area contributed by atoms with Gasteiger partial charge >= 0.3 is 0 Å². The molecule has 0 bridgehead atoms. The van der Waals surface area contributed by atoms with Crippen LogP contribution >= 0.6 is 0 Å². The molecule has 2 aromatic heterocycles. The Hall–Kier alpha value is -5.34. The molecule has 0 aliphatic carbocycles. The number of nitrogens with zero attached hydrogens (tertiary/aromatic N) is 2. The molecule has 0 spiro atoms. The van der Waals surface area contributed by atoms with Crippen molar-refractivity contribution < 1.29 is 0 Å². The monoisotopic (exact) mass is 508 g/mol. The van der Waals surface area contributed by atoms with E-state index in [0.29, 0.717) is 0 Å². The highest BCUT2D eigenvalue weighted by atomic mass is 15.0. The quantitative estimate of drug-likeness (QED) is 0.220. The van der Waals surface area contributed by atoms with Crippen LogP contribution in [-0.2, 0) is 0 Å². The van der Waals surface area contributed by atoms with Gasteiger partial charge in [0.25, 0.3) is 0 Å². The molecule has 7 aromatic carbocycles. The SMILES string of the molecule is c1ccc(-n2c3ccc4c5ccccc5n(-c5cccc6ccccc56)c4c3c3ccc4ccccc4c32)cc1. The summed E-state index contributed by atoms with van der Waals surface area (Å²) in [5.41, 5.74) is 7.33. The average molecular weight is 509 g/mol. The van der Waals surface area contributed by atoms with Crippen LogP contribution in [0.4, 0.5) is 0 Å². The van der Waals surface area contributed by atoms with Crippen molar-refractivity contribution in [2.24, 2.45) is 0 Å². The zero-order valence-corrected chi connectivity index (χ0v) is 21.8. The Morgan fingerprint density at radius 1 is 0.325 bits per heavy atom. The number of hydrogen-bond acceptors (Lipinski definition) is 0. The fourth-order valence-electron chi connectivity index (χ4n) is 6.82. The molecule has 0 aliphatic rings. The van der Waals surface area contributed by atoms with Crippen molar-refractivity contribution in [3.05, 3.63) is 146 Å². The lowest BCUT2D eigenvalue weighted by atomic mass is 10.0. The summed E-state index contributed by atoms with van der Waals surface area (Å²) < 4.78 is 4.96. The smallest absolute Gasteiger partial charge is 0.0641 e. The molecular formula is C38H24N2. The van der Waals surface area contributed by atoms with Crippen LogP contribution in [0.15, 0.2) is 146 Å². The molecule has 0 fully saturated rings. The van der Waals surface area contributed by atoms with Crippen molar-refractivity contribution in [1.29, 1.82) is 0 Å². The van der Waals surface area contributed by atoms with E-state index in [2.05, 4.69) is 155 Å². The molecule has 40 heavy (non-hydrogen) atoms. The lowest BCUT2D eigenvalue weighted by Crippen LogP contribution is -1.96. The van der Waals surface area contributed by atoms with Gasteiger partial charge in [0, 0.05) is 38.0 Å². The Labute approximate surface area is 230 Å². The molecule has 0 N–H and O–H groups in total. The molecular weight excluding hydrogens is 484 g/mol. The predicted molar refractivity (Wildman–Crippen MR) is 170 cm³/mol. The standard InChI is InChI=1S/C38H24N2/c1-2-14-27(15-3-1)39-35-24-23-31-30-18-8-9-19-34(30)40(33-20-10-13-25-11-4-6-16-28(25)33)38(31)36(35)32-22-21-26-12-5-7-17-29(26)37(32)39/h1-24H. The van der Waals surface area contributed by atoms with E-state index in [-0.39, 0.29) is 0 Å². The first-order valence-electron chi connectivity index (χ1n) is 13.8. The summed E-state index contributed by atoms with van der Waals surface area (Å²) in [5.74, 6) is 0. The van der Waals surface area contributed by atoms with E-state index < -0.39 is 0 Å². The molecule has 0 radical (unpaired) electrons. The number of aromatic nitrogens is 2. The molecule has 0 amide bonds. The minimum atomic E-state index is 1.17. The Kier molecular flexibility index (Phi) is 4.36. The summed E-state index contributed by atoms with van der Waals surface area (Å²) in [7, 11) is 0. The van der Waals surface area contributed by atoms with Crippen LogP contribution in [0.5, 0.6) is 0 Å². The molecule has 9 aromatic rings. The van der Waals surface area contributed by atoms with Gasteiger partial charge in [-0.05, 0) is 41.1 Å². The molecule has 2 nitrogen and oxygen atoms in total. The van der Waals surface area contributed by atoms with Crippen LogP contribution < -0.4 is 0 Å². The maximum atomic E-state index is 2.50. The van der Waals surface area contributed by atoms with Gasteiger partial charge in [0.15, 0.2) is 0 Å². The van der Waals surface area contributed by atoms with Crippen LogP contribution in [0.25, 0.3) is 76.5 Å². The first-order chi connectivity index (χ1) is 19.9. The molecule has 0 saturated heterocycles. The van der Waals surface area contributed by atoms with Gasteiger partial charge in [-0.2, -0.15) is 0 Å². The van der Waals surface area contributed by atoms with Crippen LogP contribution in [0.3, 0.4) is 0 Å². The number of benzene rings is 7. The number of para-hydroxylation sites is 2. The Morgan fingerprint density at radius 3 is 1.82 bits per heavy atom. The minimum Gasteiger partial charge on any atom is -0.309 e. The van der Waals surface area contributed by atoms with Crippen molar-refractivity contribution in [3.63, 3.8) is 0 Å². The normalized spacial score (nSPS) is 12.0. The molecule has 2 heterocycles. The van der Waals surface area contributed by atoms with Gasteiger partial charge < -0.3 is 9.13 Å². The number of rotatable bonds is 2. The lowest BCUT2D eigenvalue weighted by molar-refractivity contribution is 1.18. The van der Waals surface area contributed by atoms with Crippen LogP contribution in [0.2, 0.25) is 0 Å². The maximum Gasteiger partial charge on any atom is 0.0641 e. The van der Waals surface area contributed by atoms with Crippen molar-refractivity contribution in [2.75, 3.05) is 0 Å². The van der Waals surface area contributed by atoms with Gasteiger partial charge in [0.05, 0.1) is 27.8 Å². The van der Waals surface area contributed by atoms with Crippen molar-refractivity contribution in [2.45, 2.75) is 0 Å². The topological polar surface area (TPSA) is 9.86 Å². The molecule has 9 rings (SSSR count). The summed E-state index contributed by atoms with van der Waals surface area (Å²) in [6.45, 7) is 0. The predicted octanol–water partition coefficient (Wildman–Crippen LogP) is 10.2. The molecule has 186 valence electrons. The van der Waals surface area contributed by atoms with Gasteiger partial charge in [-0.15, -0.1) is 0 Å². The first kappa shape index (κ1) is 21.6. The van der Waals surface area contributed by atoms with Crippen molar-refractivity contribution in [1.82, 2.24) is 9.13 Å². The highest BCUT2D eigenvalue weighted by Crippen LogP contribution is 2.44. The third kappa shape index (κ3) is 2.82. The fraction of sp³-hybridized carbons (Fsp3) is 0. The average Bonchev–Trinajstić information content (AvgIpc) is 3.54. The van der Waals surface area contributed by atoms with E-state index >= 15 is 0 Å². The van der Waals surface area contributed by atoms with Gasteiger partial charge in [-0.3, -0.25) is 0 Å². The Bertz CT molecular complexity index is 2420. The van der Waals surface area contributed by atoms with Crippen LogP contribution in [0, 0.1) is 0 Å². The maximum absolute atomic E-state index is 2.50. The largest absolute Gasteiger partial charge is 0.309 e. The highest BCUT2D eigenvalue weighted by Gasteiger charge is 2.22. The number of hydrogen-bond donors (Lipinski definition) is 0. The summed E-state index contributed by atoms with van der Waals surface area (Å²) in [6, 6.07) is 52.9. The second-order valence-electron chi connectivity index (χ2n) is 10.6. The molecule has 0 atom stereocenters. The highest BCUT2D eigenvalue weighted by molar-refractivity contribution is 6.29. The van der Waals surface area contributed by atoms with E-state index in [1.807, 2.05) is 0 Å². The molecule has 0 saturated carbocycles. The van der Waals surface area contributed by atoms with E-state index in [0.717, 1.165) is 0 Å². The zero-order valence-electron chi connectivity index (χ0n) is 21.8. The van der Waals surface area contributed by atoms with Crippen molar-refractivity contribution in [3.8, 4) is 11.4 Å². The van der Waals surface area contributed by atoms with Crippen LogP contribution in [-0.4, -0.2) is 9.13 Å². The second-order valence-corrected chi connectivity index (χ2v) is 10.6. The van der Waals surface area contributed by atoms with Gasteiger partial charge in [-0.25, -0.2) is 0 Å². The van der Waals surface area contributed by atoms with E-state index in [1.165, 1.54) is 76.5 Å². The summed E-state index contributed by atoms with van der Waals surface area (Å²) in [6.07, 6.45) is 0. The van der Waals surface area contributed by atoms with Gasteiger partial charge in [0.2, 0.25) is 0 Å². The zero-order chi connectivity index (χ0) is 26.2. The third-order valence-electron chi connectivity index (χ3n) is 8.47. The second kappa shape index (κ2) is 8.08. The Balaban J connectivity index is 1.58. The molecule has 2 heteroatoms. The van der Waals surface area contributed by atoms with E-state index in [1.54, 1.807) is 0 Å². The molecule has 0 unspecified atom stereocenters. The van der Waals surface area contributed by atoms with Crippen LogP contribution in [0.1, 0.15) is 0 Å². The Morgan fingerprint density at radius 2 is 0.975 bits per heavy atom. The summed E-state index contributed by atoms with van der Waals surface area (Å²) in [4.78, 5) is 0. The van der Waals surface area contributed by atoms with Crippen molar-refractivity contribution >= 4 is 65.2 Å². The third-order valence-corrected chi connectivity index (χ3v) is 8.47. The minimum absolute atomic E-state index is 1.17. The summed E-state index contributed by atoms with van der Waals surface area (Å²) in [5, 5.41) is 10.1. The number of fused-ring (bicyclic) bond motifs is 10. The summed E-state index contributed by atoms with van der Waals surface area (Å²) >= 11 is 0.